The molecule has 0 radical (unpaired) electrons. The fourth-order valence-electron chi connectivity index (χ4n) is 3.54. The van der Waals surface area contributed by atoms with Gasteiger partial charge in [-0.3, -0.25) is 9.78 Å². The molecule has 12 heteroatoms. The molecule has 0 aliphatic carbocycles. The second-order valence-electron chi connectivity index (χ2n) is 8.37. The van der Waals surface area contributed by atoms with Crippen molar-refractivity contribution in [3.8, 4) is 17.5 Å². The van der Waals surface area contributed by atoms with E-state index in [1.165, 1.54) is 19.4 Å². The third kappa shape index (κ3) is 6.80. The van der Waals surface area contributed by atoms with Crippen LogP contribution in [0.25, 0.3) is 0 Å². The molecule has 0 unspecified atom stereocenters. The fourth-order valence-corrected chi connectivity index (χ4v) is 3.76. The number of rotatable bonds is 9. The van der Waals surface area contributed by atoms with Crippen LogP contribution in [0.5, 0.6) is 17.5 Å². The molecule has 0 amide bonds. The molecule has 0 fully saturated rings. The number of anilines is 1. The number of hydrogen-bond donors (Lipinski definition) is 1. The highest BCUT2D eigenvalue weighted by molar-refractivity contribution is 6.31. The minimum Gasteiger partial charge on any atom is -0.467 e. The van der Waals surface area contributed by atoms with Crippen molar-refractivity contribution in [2.24, 2.45) is 0 Å². The van der Waals surface area contributed by atoms with Crippen LogP contribution < -0.4 is 19.9 Å². The topological polar surface area (TPSA) is 93.2 Å². The Morgan fingerprint density at radius 3 is 2.29 bits per heavy atom. The van der Waals surface area contributed by atoms with E-state index in [1.54, 1.807) is 24.5 Å². The van der Waals surface area contributed by atoms with Crippen LogP contribution in [0.2, 0.25) is 5.02 Å². The lowest BCUT2D eigenvalue weighted by atomic mass is 10.1. The molecular weight excluding hydrogens is 523 g/mol. The van der Waals surface area contributed by atoms with Crippen molar-refractivity contribution < 1.29 is 22.6 Å². The van der Waals surface area contributed by atoms with Crippen LogP contribution >= 0.6 is 11.6 Å². The minimum atomic E-state index is -4.57. The first-order valence-electron chi connectivity index (χ1n) is 11.4. The van der Waals surface area contributed by atoms with E-state index in [-0.39, 0.29) is 22.3 Å². The van der Waals surface area contributed by atoms with Gasteiger partial charge in [-0.25, -0.2) is 15.0 Å². The van der Waals surface area contributed by atoms with Gasteiger partial charge in [0.25, 0.3) is 5.56 Å². The molecular formula is C26H23ClF3N5O3. The van der Waals surface area contributed by atoms with E-state index in [9.17, 15) is 18.0 Å². The quantitative estimate of drug-likeness (QED) is 0.305. The van der Waals surface area contributed by atoms with E-state index in [4.69, 9.17) is 21.1 Å². The summed E-state index contributed by atoms with van der Waals surface area (Å²) in [5.74, 6) is 0.849. The second kappa shape index (κ2) is 11.5. The number of alkyl halides is 3. The summed E-state index contributed by atoms with van der Waals surface area (Å²) in [5, 5.41) is -0.387. The summed E-state index contributed by atoms with van der Waals surface area (Å²) in [7, 11) is 3.29. The molecule has 0 saturated carbocycles. The largest absolute Gasteiger partial charge is 0.467 e. The van der Waals surface area contributed by atoms with Crippen LogP contribution in [0.3, 0.4) is 0 Å². The van der Waals surface area contributed by atoms with E-state index in [1.807, 2.05) is 24.1 Å². The van der Waals surface area contributed by atoms with Gasteiger partial charge in [0.1, 0.15) is 11.5 Å². The van der Waals surface area contributed by atoms with Gasteiger partial charge in [-0.05, 0) is 47.9 Å². The summed E-state index contributed by atoms with van der Waals surface area (Å²) >= 11 is 5.66. The molecule has 0 aliphatic heterocycles. The third-order valence-corrected chi connectivity index (χ3v) is 5.95. The number of nitrogens with one attached hydrogen (secondary N) is 1. The van der Waals surface area contributed by atoms with Crippen LogP contribution in [0.15, 0.2) is 65.8 Å². The zero-order valence-electron chi connectivity index (χ0n) is 20.4. The third-order valence-electron chi connectivity index (χ3n) is 5.62. The van der Waals surface area contributed by atoms with Crippen molar-refractivity contribution in [2.75, 3.05) is 25.6 Å². The van der Waals surface area contributed by atoms with Crippen LogP contribution in [-0.4, -0.2) is 40.6 Å². The number of aromatic amines is 1. The highest BCUT2D eigenvalue weighted by Crippen LogP contribution is 2.37. The molecule has 38 heavy (non-hydrogen) atoms. The lowest BCUT2D eigenvalue weighted by Crippen LogP contribution is -2.26. The molecule has 1 N–H and O–H groups in total. The first kappa shape index (κ1) is 26.9. The van der Waals surface area contributed by atoms with E-state index in [2.05, 4.69) is 19.9 Å². The van der Waals surface area contributed by atoms with Gasteiger partial charge < -0.3 is 14.4 Å². The van der Waals surface area contributed by atoms with E-state index in [0.717, 1.165) is 23.3 Å². The molecule has 8 nitrogen and oxygen atoms in total. The fraction of sp³-hybridized carbons (Fsp3) is 0.231. The van der Waals surface area contributed by atoms with E-state index < -0.39 is 11.7 Å². The molecule has 4 aromatic rings. The molecule has 4 rings (SSSR count). The van der Waals surface area contributed by atoms with Gasteiger partial charge in [-0.1, -0.05) is 23.7 Å². The van der Waals surface area contributed by atoms with Gasteiger partial charge in [0, 0.05) is 44.2 Å². The molecule has 0 spiro atoms. The monoisotopic (exact) mass is 545 g/mol. The number of methoxy groups -OCH3 is 1. The van der Waals surface area contributed by atoms with Gasteiger partial charge in [0.2, 0.25) is 5.95 Å². The number of H-pyrrole nitrogens is 1. The summed E-state index contributed by atoms with van der Waals surface area (Å²) in [6.07, 6.45) is 1.11. The average Bonchev–Trinajstić information content (AvgIpc) is 2.90. The Bertz CT molecular complexity index is 1440. The van der Waals surface area contributed by atoms with Crippen molar-refractivity contribution in [1.82, 2.24) is 19.9 Å². The molecule has 2 aromatic carbocycles. The first-order valence-corrected chi connectivity index (χ1v) is 11.8. The Morgan fingerprint density at radius 2 is 1.66 bits per heavy atom. The Kier molecular flexibility index (Phi) is 8.16. The average molecular weight is 546 g/mol. The maximum Gasteiger partial charge on any atom is 0.417 e. The predicted octanol–water partition coefficient (Wildman–Crippen LogP) is 5.30. The Labute approximate surface area is 221 Å². The van der Waals surface area contributed by atoms with Crippen LogP contribution in [0, 0.1) is 0 Å². The first-order chi connectivity index (χ1) is 18.1. The van der Waals surface area contributed by atoms with Crippen molar-refractivity contribution >= 4 is 17.5 Å². The SMILES string of the molecule is COc1ncc(Cc2cnc(N(C)CCc3ccc(Oc4ccc(Cl)c(C(F)(F)F)c4)cc3)[nH]c2=O)cn1. The number of aromatic nitrogens is 4. The minimum absolute atomic E-state index is 0.0344. The molecule has 0 aliphatic rings. The normalized spacial score (nSPS) is 11.3. The molecule has 198 valence electrons. The van der Waals surface area contributed by atoms with E-state index >= 15 is 0 Å². The van der Waals surface area contributed by atoms with Crippen LogP contribution in [-0.2, 0) is 19.0 Å². The maximum absolute atomic E-state index is 13.1. The van der Waals surface area contributed by atoms with Crippen molar-refractivity contribution in [3.05, 3.63) is 98.7 Å². The number of nitrogens with zero attached hydrogens (tertiary/aromatic N) is 4. The van der Waals surface area contributed by atoms with Crippen molar-refractivity contribution in [2.45, 2.75) is 19.0 Å². The smallest absolute Gasteiger partial charge is 0.417 e. The lowest BCUT2D eigenvalue weighted by Gasteiger charge is -2.18. The lowest BCUT2D eigenvalue weighted by molar-refractivity contribution is -0.137. The Hall–Kier alpha value is -4.12. The Morgan fingerprint density at radius 1 is 0.974 bits per heavy atom. The number of hydrogen-bond acceptors (Lipinski definition) is 7. The molecule has 2 heterocycles. The summed E-state index contributed by atoms with van der Waals surface area (Å²) < 4.78 is 49.7. The molecule has 2 aromatic heterocycles. The van der Waals surface area contributed by atoms with Crippen molar-refractivity contribution in [1.29, 1.82) is 0 Å². The Balaban J connectivity index is 1.33. The van der Waals surface area contributed by atoms with Crippen molar-refractivity contribution in [3.63, 3.8) is 0 Å². The van der Waals surface area contributed by atoms with Gasteiger partial charge in [0.15, 0.2) is 0 Å². The zero-order chi connectivity index (χ0) is 27.3. The number of likely N-dealkylation sites (N-methyl/N-ethyl adjacent to an activating group) is 1. The van der Waals surface area contributed by atoms with Gasteiger partial charge in [0.05, 0.1) is 17.7 Å². The van der Waals surface area contributed by atoms with E-state index in [0.29, 0.717) is 36.6 Å². The van der Waals surface area contributed by atoms with Gasteiger partial charge in [-0.2, -0.15) is 13.2 Å². The predicted molar refractivity (Wildman–Crippen MR) is 136 cm³/mol. The maximum atomic E-state index is 13.1. The molecule has 0 bridgehead atoms. The van der Waals surface area contributed by atoms with Gasteiger partial charge >= 0.3 is 12.2 Å². The second-order valence-corrected chi connectivity index (χ2v) is 8.78. The number of ether oxygens (including phenoxy) is 2. The summed E-state index contributed by atoms with van der Waals surface area (Å²) in [6.45, 7) is 0.556. The standard InChI is InChI=1S/C26H23ClF3N5O3/c1-35(24-31-15-18(23(36)34-24)11-17-13-32-25(37-2)33-14-17)10-9-16-3-5-19(6-4-16)38-20-7-8-22(27)21(12-20)26(28,29)30/h3-8,12-15H,9-11H2,1-2H3,(H,31,34,36). The summed E-state index contributed by atoms with van der Waals surface area (Å²) in [4.78, 5) is 29.6. The van der Waals surface area contributed by atoms with Crippen LogP contribution in [0.4, 0.5) is 19.1 Å². The number of halogens is 4. The number of benzene rings is 2. The molecule has 0 atom stereocenters. The molecule has 0 saturated heterocycles. The highest BCUT2D eigenvalue weighted by Gasteiger charge is 2.33. The summed E-state index contributed by atoms with van der Waals surface area (Å²) in [5.41, 5.74) is 0.994. The zero-order valence-corrected chi connectivity index (χ0v) is 21.2. The summed E-state index contributed by atoms with van der Waals surface area (Å²) in [6, 6.07) is 10.6. The van der Waals surface area contributed by atoms with Gasteiger partial charge in [-0.15, -0.1) is 0 Å². The van der Waals surface area contributed by atoms with Crippen LogP contribution in [0.1, 0.15) is 22.3 Å². The highest BCUT2D eigenvalue weighted by atomic mass is 35.5.